The molecule has 1 heterocycles. The maximum Gasteiger partial charge on any atom is 0.315 e. The summed E-state index contributed by atoms with van der Waals surface area (Å²) in [7, 11) is -4.72. The highest BCUT2D eigenvalue weighted by Crippen LogP contribution is 2.42. The summed E-state index contributed by atoms with van der Waals surface area (Å²) in [6.45, 7) is 36.8. The molecule has 0 aromatic heterocycles. The second-order valence-electron chi connectivity index (χ2n) is 28.8. The van der Waals surface area contributed by atoms with E-state index in [4.69, 9.17) is 23.1 Å². The zero-order chi connectivity index (χ0) is 59.8. The molecule has 1 aromatic carbocycles. The number of benzene rings is 1. The van der Waals surface area contributed by atoms with Crippen LogP contribution >= 0.6 is 0 Å². The molecule has 0 spiro atoms. The van der Waals surface area contributed by atoms with Gasteiger partial charge in [0.05, 0.1) is 44.2 Å². The Balaban J connectivity index is 2.14. The molecule has 476 valence electrons. The van der Waals surface area contributed by atoms with Gasteiger partial charge in [-0.3, -0.25) is 0 Å². The summed E-state index contributed by atoms with van der Waals surface area (Å²) in [6, 6.07) is 9.76. The summed E-state index contributed by atoms with van der Waals surface area (Å²) in [4.78, 5) is 14.4. The standard InChI is InChI=1S/C71H138N2O6Si2/c1-16-18-20-22-24-26-28-30-31-32-33-34-35-36-37-38-39-41-43-45-47-52-56-72-69(74)73-64(58-76-68-62(5)60(3)61(4)66(77-68)59-75-57-63-53-49-48-50-54-63)67(79-81(14,15)71(9,10)11)65(78-80(12,13)70(6,7)8)55-51-46-44-42-40-29-27-25-23-21-19-17-2/h48-50,53-54,60-62,64-68H,16-47,51-52,55-59H2,1-15H3,(H2,72,73,74)/t60-,61+,62?,64-,65+,66?,67-,68-/m0/s1. The SMILES string of the molecule is CCCCCCCCCCCCCCCCCCCCCCCCNC(=O)N[C@@H](CO[C@H]1OC(COCc2ccccc2)[C@H](C)[C@H](C)C1C)[C@H](O[Si](C)(C)C(C)(C)C)[C@@H](CCCCCCCCCCCCCC)O[Si](C)(C)C(C)(C)C. The number of rotatable bonds is 50. The van der Waals surface area contributed by atoms with Crippen LogP contribution in [0.4, 0.5) is 4.79 Å². The van der Waals surface area contributed by atoms with Crippen LogP contribution in [-0.2, 0) is 29.7 Å². The predicted octanol–water partition coefficient (Wildman–Crippen LogP) is 22.0. The monoisotopic (exact) mass is 1170 g/mol. The van der Waals surface area contributed by atoms with E-state index in [1.54, 1.807) is 0 Å². The first-order chi connectivity index (χ1) is 38.6. The van der Waals surface area contributed by atoms with Gasteiger partial charge < -0.3 is 33.7 Å². The number of hydrogen-bond donors (Lipinski definition) is 2. The first kappa shape index (κ1) is 75.8. The molecule has 8 nitrogen and oxygen atoms in total. The fourth-order valence-corrected chi connectivity index (χ4v) is 14.0. The molecule has 2 rings (SSSR count). The van der Waals surface area contributed by atoms with Gasteiger partial charge in [-0.1, -0.05) is 318 Å². The maximum atomic E-state index is 14.4. The lowest BCUT2D eigenvalue weighted by molar-refractivity contribution is -0.260. The van der Waals surface area contributed by atoms with E-state index in [-0.39, 0.29) is 40.8 Å². The first-order valence-electron chi connectivity index (χ1n) is 34.9. The predicted molar refractivity (Wildman–Crippen MR) is 356 cm³/mol. The molecule has 1 aliphatic heterocycles. The van der Waals surface area contributed by atoms with Crippen molar-refractivity contribution >= 4 is 22.7 Å². The molecular formula is C71H138N2O6Si2. The van der Waals surface area contributed by atoms with Crippen molar-refractivity contribution in [3.63, 3.8) is 0 Å². The summed E-state index contributed by atoms with van der Waals surface area (Å²) in [6.07, 6.45) is 45.4. The molecular weight excluding hydrogens is 1030 g/mol. The largest absolute Gasteiger partial charge is 0.411 e. The van der Waals surface area contributed by atoms with Crippen molar-refractivity contribution in [2.24, 2.45) is 17.8 Å². The Morgan fingerprint density at radius 1 is 0.531 bits per heavy atom. The lowest BCUT2D eigenvalue weighted by Crippen LogP contribution is -2.61. The lowest BCUT2D eigenvalue weighted by Gasteiger charge is -2.48. The van der Waals surface area contributed by atoms with Crippen LogP contribution in [0.3, 0.4) is 0 Å². The second-order valence-corrected chi connectivity index (χ2v) is 38.3. The third-order valence-electron chi connectivity index (χ3n) is 19.5. The Bertz CT molecular complexity index is 1630. The van der Waals surface area contributed by atoms with E-state index in [0.29, 0.717) is 31.6 Å². The molecule has 2 amide bonds. The quantitative estimate of drug-likeness (QED) is 0.0499. The van der Waals surface area contributed by atoms with Crippen LogP contribution in [0.1, 0.15) is 306 Å². The van der Waals surface area contributed by atoms with Gasteiger partial charge in [0, 0.05) is 12.5 Å². The summed E-state index contributed by atoms with van der Waals surface area (Å²) < 4.78 is 35.5. The zero-order valence-corrected chi connectivity index (χ0v) is 58.5. The molecule has 1 aromatic rings. The van der Waals surface area contributed by atoms with E-state index in [9.17, 15) is 4.79 Å². The average molecular weight is 1170 g/mol. The van der Waals surface area contributed by atoms with E-state index >= 15 is 0 Å². The number of hydrogen-bond acceptors (Lipinski definition) is 6. The molecule has 0 radical (unpaired) electrons. The zero-order valence-electron chi connectivity index (χ0n) is 56.5. The van der Waals surface area contributed by atoms with Gasteiger partial charge in [-0.25, -0.2) is 4.79 Å². The van der Waals surface area contributed by atoms with Crippen LogP contribution < -0.4 is 10.6 Å². The summed E-state index contributed by atoms with van der Waals surface area (Å²) in [5.74, 6) is 0.794. The van der Waals surface area contributed by atoms with Gasteiger partial charge in [0.1, 0.15) is 0 Å². The van der Waals surface area contributed by atoms with Crippen molar-refractivity contribution in [3.05, 3.63) is 35.9 Å². The fourth-order valence-electron chi connectivity index (χ4n) is 11.3. The number of unbranched alkanes of at least 4 members (excludes halogenated alkanes) is 32. The van der Waals surface area contributed by atoms with E-state index in [1.165, 1.54) is 199 Å². The number of carbonyl (C=O) groups is 1. The molecule has 0 saturated carbocycles. The lowest BCUT2D eigenvalue weighted by atomic mass is 9.79. The van der Waals surface area contributed by atoms with Crippen molar-refractivity contribution < 1.29 is 27.9 Å². The van der Waals surface area contributed by atoms with E-state index in [1.807, 2.05) is 6.07 Å². The summed E-state index contributed by atoms with van der Waals surface area (Å²) in [5.41, 5.74) is 1.16. The summed E-state index contributed by atoms with van der Waals surface area (Å²) >= 11 is 0. The van der Waals surface area contributed by atoms with Crippen LogP contribution in [-0.4, -0.2) is 73.1 Å². The molecule has 1 saturated heterocycles. The molecule has 10 heteroatoms. The highest BCUT2D eigenvalue weighted by Gasteiger charge is 2.48. The van der Waals surface area contributed by atoms with Gasteiger partial charge in [0.25, 0.3) is 0 Å². The number of amides is 2. The third kappa shape index (κ3) is 34.0. The Labute approximate surface area is 506 Å². The van der Waals surface area contributed by atoms with Gasteiger partial charge >= 0.3 is 6.03 Å². The van der Waals surface area contributed by atoms with Gasteiger partial charge in [0.2, 0.25) is 0 Å². The van der Waals surface area contributed by atoms with Gasteiger partial charge in [-0.15, -0.1) is 0 Å². The minimum atomic E-state index is -2.42. The van der Waals surface area contributed by atoms with Crippen LogP contribution in [0.5, 0.6) is 0 Å². The normalized spacial score (nSPS) is 19.4. The number of carbonyl (C=O) groups excluding carboxylic acids is 1. The van der Waals surface area contributed by atoms with Crippen molar-refractivity contribution in [3.8, 4) is 0 Å². The van der Waals surface area contributed by atoms with E-state index in [2.05, 4.69) is 137 Å². The molecule has 1 fully saturated rings. The van der Waals surface area contributed by atoms with Gasteiger partial charge in [0.15, 0.2) is 22.9 Å². The van der Waals surface area contributed by atoms with Crippen LogP contribution in [0.2, 0.25) is 36.3 Å². The first-order valence-corrected chi connectivity index (χ1v) is 40.8. The summed E-state index contributed by atoms with van der Waals surface area (Å²) in [5, 5.41) is 6.77. The number of urea groups is 1. The molecule has 2 unspecified atom stereocenters. The Morgan fingerprint density at radius 2 is 0.926 bits per heavy atom. The Morgan fingerprint density at radius 3 is 1.35 bits per heavy atom. The number of nitrogens with one attached hydrogen (secondary N) is 2. The van der Waals surface area contributed by atoms with Crippen molar-refractivity contribution in [1.29, 1.82) is 0 Å². The van der Waals surface area contributed by atoms with E-state index in [0.717, 1.165) is 31.2 Å². The second kappa shape index (κ2) is 44.2. The molecule has 0 bridgehead atoms. The highest BCUT2D eigenvalue weighted by atomic mass is 28.4. The topological polar surface area (TPSA) is 87.3 Å². The van der Waals surface area contributed by atoms with Crippen LogP contribution in [0.25, 0.3) is 0 Å². The number of ether oxygens (including phenoxy) is 3. The van der Waals surface area contributed by atoms with Crippen LogP contribution in [0.15, 0.2) is 30.3 Å². The van der Waals surface area contributed by atoms with E-state index < -0.39 is 35.1 Å². The molecule has 0 aliphatic carbocycles. The maximum absolute atomic E-state index is 14.4. The fraction of sp³-hybridized carbons (Fsp3) is 0.901. The molecule has 1 aliphatic rings. The van der Waals surface area contributed by atoms with Crippen molar-refractivity contribution in [2.45, 2.75) is 374 Å². The van der Waals surface area contributed by atoms with Crippen molar-refractivity contribution in [1.82, 2.24) is 10.6 Å². The average Bonchev–Trinajstić information content (AvgIpc) is 3.45. The van der Waals surface area contributed by atoms with Gasteiger partial charge in [-0.05, 0) is 66.5 Å². The minimum Gasteiger partial charge on any atom is -0.411 e. The molecule has 2 N–H and O–H groups in total. The third-order valence-corrected chi connectivity index (χ3v) is 28.5. The molecule has 8 atom stereocenters. The highest BCUT2D eigenvalue weighted by molar-refractivity contribution is 6.74. The Hall–Kier alpha value is -1.28. The molecule has 81 heavy (non-hydrogen) atoms. The van der Waals surface area contributed by atoms with Crippen molar-refractivity contribution in [2.75, 3.05) is 19.8 Å². The Kier molecular flexibility index (Phi) is 41.4. The van der Waals surface area contributed by atoms with Crippen LogP contribution in [0, 0.1) is 17.8 Å². The minimum absolute atomic E-state index is 0.00143. The van der Waals surface area contributed by atoms with Gasteiger partial charge in [-0.2, -0.15) is 0 Å². The smallest absolute Gasteiger partial charge is 0.315 e.